The van der Waals surface area contributed by atoms with Gasteiger partial charge in [0.25, 0.3) is 0 Å². The highest BCUT2D eigenvalue weighted by Crippen LogP contribution is 2.46. The molecule has 1 aromatic rings. The molecule has 0 amide bonds. The van der Waals surface area contributed by atoms with Gasteiger partial charge >= 0.3 is 0 Å². The highest BCUT2D eigenvalue weighted by atomic mass is 35.5. The van der Waals surface area contributed by atoms with Gasteiger partial charge in [0.05, 0.1) is 0 Å². The van der Waals surface area contributed by atoms with Crippen LogP contribution in [-0.4, -0.2) is 12.3 Å². The van der Waals surface area contributed by atoms with Crippen LogP contribution >= 0.6 is 23.2 Å². The van der Waals surface area contributed by atoms with Crippen LogP contribution in [0.2, 0.25) is 10.0 Å². The first kappa shape index (κ1) is 11.9. The van der Waals surface area contributed by atoms with E-state index in [0.717, 1.165) is 18.4 Å². The molecule has 2 rings (SSSR count). The fourth-order valence-corrected chi connectivity index (χ4v) is 2.33. The summed E-state index contributed by atoms with van der Waals surface area (Å²) in [5.41, 5.74) is 6.04. The SMILES string of the molecule is NCC1(C(=O)Cc2c(Cl)cccc2Cl)CC1. The lowest BCUT2D eigenvalue weighted by molar-refractivity contribution is -0.123. The van der Waals surface area contributed by atoms with Gasteiger partial charge in [-0.25, -0.2) is 0 Å². The first-order valence-electron chi connectivity index (χ1n) is 5.25. The van der Waals surface area contributed by atoms with Gasteiger partial charge in [-0.15, -0.1) is 0 Å². The molecule has 0 spiro atoms. The largest absolute Gasteiger partial charge is 0.329 e. The van der Waals surface area contributed by atoms with Crippen LogP contribution in [0.15, 0.2) is 18.2 Å². The Labute approximate surface area is 105 Å². The molecule has 1 fully saturated rings. The molecule has 0 atom stereocenters. The van der Waals surface area contributed by atoms with E-state index in [0.29, 0.717) is 16.6 Å². The maximum absolute atomic E-state index is 12.0. The van der Waals surface area contributed by atoms with Crippen molar-refractivity contribution in [1.29, 1.82) is 0 Å². The monoisotopic (exact) mass is 257 g/mol. The van der Waals surface area contributed by atoms with Crippen molar-refractivity contribution in [3.05, 3.63) is 33.8 Å². The van der Waals surface area contributed by atoms with Gasteiger partial charge in [0.1, 0.15) is 5.78 Å². The minimum atomic E-state index is -0.289. The molecule has 0 aromatic heterocycles. The number of halogens is 2. The second-order valence-corrected chi connectivity index (χ2v) is 5.10. The van der Waals surface area contributed by atoms with Crippen molar-refractivity contribution >= 4 is 29.0 Å². The van der Waals surface area contributed by atoms with Crippen molar-refractivity contribution < 1.29 is 4.79 Å². The second kappa shape index (κ2) is 4.36. The van der Waals surface area contributed by atoms with Crippen LogP contribution in [0.25, 0.3) is 0 Å². The standard InChI is InChI=1S/C12H13Cl2NO/c13-9-2-1-3-10(14)8(9)6-11(16)12(7-15)4-5-12/h1-3H,4-7,15H2. The highest BCUT2D eigenvalue weighted by molar-refractivity contribution is 6.36. The Morgan fingerprint density at radius 2 is 1.88 bits per heavy atom. The third-order valence-electron chi connectivity index (χ3n) is 3.23. The summed E-state index contributed by atoms with van der Waals surface area (Å²) < 4.78 is 0. The lowest BCUT2D eigenvalue weighted by atomic mass is 9.95. The van der Waals surface area contributed by atoms with Crippen LogP contribution in [-0.2, 0) is 11.2 Å². The van der Waals surface area contributed by atoms with E-state index in [4.69, 9.17) is 28.9 Å². The summed E-state index contributed by atoms with van der Waals surface area (Å²) in [6, 6.07) is 5.27. The Hall–Kier alpha value is -0.570. The molecule has 86 valence electrons. The van der Waals surface area contributed by atoms with E-state index in [-0.39, 0.29) is 17.6 Å². The third-order valence-corrected chi connectivity index (χ3v) is 3.94. The van der Waals surface area contributed by atoms with E-state index in [9.17, 15) is 4.79 Å². The summed E-state index contributed by atoms with van der Waals surface area (Å²) in [4.78, 5) is 12.0. The number of hydrogen-bond acceptors (Lipinski definition) is 2. The molecule has 0 unspecified atom stereocenters. The van der Waals surface area contributed by atoms with Gasteiger partial charge in [-0.2, -0.15) is 0 Å². The molecule has 1 saturated carbocycles. The predicted octanol–water partition coefficient (Wildman–Crippen LogP) is 2.84. The lowest BCUT2D eigenvalue weighted by Gasteiger charge is -2.12. The number of benzene rings is 1. The second-order valence-electron chi connectivity index (χ2n) is 4.28. The van der Waals surface area contributed by atoms with Crippen molar-refractivity contribution in [1.82, 2.24) is 0 Å². The third kappa shape index (κ3) is 2.10. The van der Waals surface area contributed by atoms with Gasteiger partial charge < -0.3 is 5.73 Å². The summed E-state index contributed by atoms with van der Waals surface area (Å²) in [5, 5.41) is 1.10. The summed E-state index contributed by atoms with van der Waals surface area (Å²) >= 11 is 12.0. The van der Waals surface area contributed by atoms with Crippen LogP contribution in [0.1, 0.15) is 18.4 Å². The number of carbonyl (C=O) groups is 1. The Morgan fingerprint density at radius 1 is 1.31 bits per heavy atom. The number of Topliss-reactive ketones (excluding diaryl/α,β-unsaturated/α-hetero) is 1. The summed E-state index contributed by atoms with van der Waals surface area (Å²) in [5.74, 6) is 0.157. The molecule has 1 aliphatic carbocycles. The van der Waals surface area contributed by atoms with E-state index in [1.807, 2.05) is 0 Å². The van der Waals surface area contributed by atoms with Crippen LogP contribution in [0.5, 0.6) is 0 Å². The fraction of sp³-hybridized carbons (Fsp3) is 0.417. The van der Waals surface area contributed by atoms with E-state index in [2.05, 4.69) is 0 Å². The molecule has 0 aliphatic heterocycles. The van der Waals surface area contributed by atoms with E-state index in [1.54, 1.807) is 18.2 Å². The minimum absolute atomic E-state index is 0.157. The molecule has 4 heteroatoms. The Morgan fingerprint density at radius 3 is 2.31 bits per heavy atom. The maximum atomic E-state index is 12.0. The number of nitrogens with two attached hydrogens (primary N) is 1. The van der Waals surface area contributed by atoms with Gasteiger partial charge in [0.2, 0.25) is 0 Å². The van der Waals surface area contributed by atoms with Crippen molar-refractivity contribution in [2.24, 2.45) is 11.1 Å². The first-order valence-corrected chi connectivity index (χ1v) is 6.01. The number of ketones is 1. The summed E-state index contributed by atoms with van der Waals surface area (Å²) in [7, 11) is 0. The smallest absolute Gasteiger partial charge is 0.144 e. The van der Waals surface area contributed by atoms with E-state index >= 15 is 0 Å². The van der Waals surface area contributed by atoms with Crippen molar-refractivity contribution in [3.8, 4) is 0 Å². The van der Waals surface area contributed by atoms with E-state index < -0.39 is 0 Å². The number of carbonyl (C=O) groups excluding carboxylic acids is 1. The minimum Gasteiger partial charge on any atom is -0.329 e. The normalized spacial score (nSPS) is 17.2. The zero-order valence-corrected chi connectivity index (χ0v) is 10.3. The Balaban J connectivity index is 2.18. The molecule has 0 saturated heterocycles. The molecular weight excluding hydrogens is 245 g/mol. The molecular formula is C12H13Cl2NO. The molecule has 1 aliphatic rings. The van der Waals surface area contributed by atoms with Gasteiger partial charge in [0.15, 0.2) is 0 Å². The first-order chi connectivity index (χ1) is 7.59. The molecule has 0 bridgehead atoms. The number of rotatable bonds is 4. The van der Waals surface area contributed by atoms with Gasteiger partial charge in [-0.1, -0.05) is 29.3 Å². The molecule has 0 heterocycles. The zero-order valence-electron chi connectivity index (χ0n) is 8.80. The van der Waals surface area contributed by atoms with Crippen molar-refractivity contribution in [2.45, 2.75) is 19.3 Å². The summed E-state index contributed by atoms with van der Waals surface area (Å²) in [6.07, 6.45) is 2.07. The molecule has 2 nitrogen and oxygen atoms in total. The average molecular weight is 258 g/mol. The molecule has 16 heavy (non-hydrogen) atoms. The van der Waals surface area contributed by atoms with Gasteiger partial charge in [-0.3, -0.25) is 4.79 Å². The van der Waals surface area contributed by atoms with Crippen LogP contribution in [0.4, 0.5) is 0 Å². The van der Waals surface area contributed by atoms with Gasteiger partial charge in [-0.05, 0) is 30.5 Å². The van der Waals surface area contributed by atoms with Crippen LogP contribution < -0.4 is 5.73 Å². The molecule has 0 radical (unpaired) electrons. The average Bonchev–Trinajstić information content (AvgIpc) is 3.04. The van der Waals surface area contributed by atoms with E-state index in [1.165, 1.54) is 0 Å². The maximum Gasteiger partial charge on any atom is 0.144 e. The van der Waals surface area contributed by atoms with Crippen molar-refractivity contribution in [2.75, 3.05) is 6.54 Å². The molecule has 1 aromatic carbocycles. The Kier molecular flexibility index (Phi) is 3.24. The zero-order chi connectivity index (χ0) is 11.8. The Bertz CT molecular complexity index is 407. The fourth-order valence-electron chi connectivity index (χ4n) is 1.80. The van der Waals surface area contributed by atoms with Crippen LogP contribution in [0.3, 0.4) is 0 Å². The topological polar surface area (TPSA) is 43.1 Å². The van der Waals surface area contributed by atoms with Crippen molar-refractivity contribution in [3.63, 3.8) is 0 Å². The lowest BCUT2D eigenvalue weighted by Crippen LogP contribution is -2.26. The number of hydrogen-bond donors (Lipinski definition) is 1. The van der Waals surface area contributed by atoms with Gasteiger partial charge in [0, 0.05) is 28.4 Å². The highest BCUT2D eigenvalue weighted by Gasteiger charge is 2.47. The quantitative estimate of drug-likeness (QED) is 0.902. The summed E-state index contributed by atoms with van der Waals surface area (Å²) in [6.45, 7) is 0.425. The molecule has 2 N–H and O–H groups in total. The predicted molar refractivity (Wildman–Crippen MR) is 65.9 cm³/mol. The van der Waals surface area contributed by atoms with Crippen LogP contribution in [0, 0.1) is 5.41 Å².